The van der Waals surface area contributed by atoms with Gasteiger partial charge in [0.2, 0.25) is 5.91 Å². The Labute approximate surface area is 109 Å². The molecular weight excluding hydrogens is 224 g/mol. The highest BCUT2D eigenvalue weighted by Gasteiger charge is 2.40. The molecule has 3 heteroatoms. The predicted octanol–water partition coefficient (Wildman–Crippen LogP) is 2.55. The quantitative estimate of drug-likeness (QED) is 0.889. The third-order valence-corrected chi connectivity index (χ3v) is 3.86. The minimum absolute atomic E-state index is 0.0973. The van der Waals surface area contributed by atoms with E-state index in [4.69, 9.17) is 0 Å². The number of hydrogen-bond donors (Lipinski definition) is 1. The maximum atomic E-state index is 12.5. The summed E-state index contributed by atoms with van der Waals surface area (Å²) in [6.45, 7) is 8.48. The number of nitrogens with zero attached hydrogens (tertiary/aromatic N) is 1. The molecular formula is C15H22N2O. The predicted molar refractivity (Wildman–Crippen MR) is 72.9 cm³/mol. The fourth-order valence-corrected chi connectivity index (χ4v) is 2.49. The SMILES string of the molecule is CC(C)C(C)N1C(=O)C(c2ccccc2)NC1C. The van der Waals surface area contributed by atoms with Gasteiger partial charge in [0.15, 0.2) is 0 Å². The van der Waals surface area contributed by atoms with Crippen molar-refractivity contribution in [3.63, 3.8) is 0 Å². The molecule has 1 aromatic rings. The van der Waals surface area contributed by atoms with Crippen LogP contribution in [0.5, 0.6) is 0 Å². The van der Waals surface area contributed by atoms with E-state index in [0.717, 1.165) is 5.56 Å². The standard InChI is InChI=1S/C15H22N2O/c1-10(2)11(3)17-12(4)16-14(15(17)18)13-8-6-5-7-9-13/h5-12,14,16H,1-4H3. The lowest BCUT2D eigenvalue weighted by Gasteiger charge is -2.31. The summed E-state index contributed by atoms with van der Waals surface area (Å²) in [6, 6.07) is 10.0. The van der Waals surface area contributed by atoms with Crippen molar-refractivity contribution in [3.05, 3.63) is 35.9 Å². The summed E-state index contributed by atoms with van der Waals surface area (Å²) < 4.78 is 0. The highest BCUT2D eigenvalue weighted by Crippen LogP contribution is 2.27. The van der Waals surface area contributed by atoms with Gasteiger partial charge in [-0.15, -0.1) is 0 Å². The Morgan fingerprint density at radius 2 is 1.78 bits per heavy atom. The van der Waals surface area contributed by atoms with Crippen LogP contribution in [-0.2, 0) is 4.79 Å². The zero-order valence-corrected chi connectivity index (χ0v) is 11.6. The van der Waals surface area contributed by atoms with Crippen LogP contribution in [0.2, 0.25) is 0 Å². The van der Waals surface area contributed by atoms with Crippen LogP contribution >= 0.6 is 0 Å². The summed E-state index contributed by atoms with van der Waals surface area (Å²) in [5.74, 6) is 0.655. The molecule has 0 radical (unpaired) electrons. The summed E-state index contributed by atoms with van der Waals surface area (Å²) in [4.78, 5) is 14.5. The second kappa shape index (κ2) is 5.11. The van der Waals surface area contributed by atoms with E-state index >= 15 is 0 Å². The fraction of sp³-hybridized carbons (Fsp3) is 0.533. The van der Waals surface area contributed by atoms with Crippen molar-refractivity contribution in [2.24, 2.45) is 5.92 Å². The number of amides is 1. The molecule has 2 rings (SSSR count). The highest BCUT2D eigenvalue weighted by atomic mass is 16.2. The lowest BCUT2D eigenvalue weighted by molar-refractivity contribution is -0.132. The molecule has 1 heterocycles. The molecule has 0 spiro atoms. The molecule has 0 saturated carbocycles. The maximum Gasteiger partial charge on any atom is 0.245 e. The van der Waals surface area contributed by atoms with Crippen LogP contribution in [-0.4, -0.2) is 23.0 Å². The molecule has 1 saturated heterocycles. The minimum atomic E-state index is -0.192. The zero-order valence-electron chi connectivity index (χ0n) is 11.6. The van der Waals surface area contributed by atoms with Gasteiger partial charge >= 0.3 is 0 Å². The summed E-state index contributed by atoms with van der Waals surface area (Å²) in [7, 11) is 0. The van der Waals surface area contributed by atoms with Crippen molar-refractivity contribution in [2.45, 2.75) is 45.9 Å². The van der Waals surface area contributed by atoms with Crippen molar-refractivity contribution in [3.8, 4) is 0 Å². The van der Waals surface area contributed by atoms with Gasteiger partial charge in [0, 0.05) is 6.04 Å². The Bertz CT molecular complexity index is 416. The van der Waals surface area contributed by atoms with Gasteiger partial charge in [-0.05, 0) is 25.3 Å². The number of carbonyl (C=O) groups is 1. The number of carbonyl (C=O) groups excluding carboxylic acids is 1. The average Bonchev–Trinajstić information content (AvgIpc) is 2.65. The summed E-state index contributed by atoms with van der Waals surface area (Å²) in [5, 5.41) is 3.38. The lowest BCUT2D eigenvalue weighted by atomic mass is 10.0. The van der Waals surface area contributed by atoms with Crippen molar-refractivity contribution < 1.29 is 4.79 Å². The number of benzene rings is 1. The summed E-state index contributed by atoms with van der Waals surface area (Å²) >= 11 is 0. The summed E-state index contributed by atoms with van der Waals surface area (Å²) in [6.07, 6.45) is 0.0973. The van der Waals surface area contributed by atoms with E-state index in [1.165, 1.54) is 0 Å². The highest BCUT2D eigenvalue weighted by molar-refractivity contribution is 5.85. The molecule has 0 aliphatic carbocycles. The number of rotatable bonds is 3. The molecule has 98 valence electrons. The van der Waals surface area contributed by atoms with Crippen molar-refractivity contribution in [2.75, 3.05) is 0 Å². The van der Waals surface area contributed by atoms with Gasteiger partial charge in [-0.3, -0.25) is 10.1 Å². The Kier molecular flexibility index (Phi) is 3.71. The van der Waals surface area contributed by atoms with Gasteiger partial charge in [0.05, 0.1) is 6.17 Å². The van der Waals surface area contributed by atoms with Crippen LogP contribution in [0.15, 0.2) is 30.3 Å². The molecule has 3 unspecified atom stereocenters. The van der Waals surface area contributed by atoms with Gasteiger partial charge in [-0.25, -0.2) is 0 Å². The molecule has 18 heavy (non-hydrogen) atoms. The van der Waals surface area contributed by atoms with Crippen LogP contribution in [0, 0.1) is 5.92 Å². The molecule has 1 amide bonds. The minimum Gasteiger partial charge on any atom is -0.323 e. The Hall–Kier alpha value is -1.35. The monoisotopic (exact) mass is 246 g/mol. The summed E-state index contributed by atoms with van der Waals surface area (Å²) in [5.41, 5.74) is 1.05. The van der Waals surface area contributed by atoms with Crippen LogP contribution in [0.25, 0.3) is 0 Å². The second-order valence-electron chi connectivity index (χ2n) is 5.42. The largest absolute Gasteiger partial charge is 0.323 e. The van der Waals surface area contributed by atoms with Gasteiger partial charge in [-0.2, -0.15) is 0 Å². The molecule has 0 bridgehead atoms. The first kappa shape index (κ1) is 13.1. The average molecular weight is 246 g/mol. The van der Waals surface area contributed by atoms with Gasteiger partial charge < -0.3 is 4.90 Å². The normalized spacial score (nSPS) is 25.8. The maximum absolute atomic E-state index is 12.5. The lowest BCUT2D eigenvalue weighted by Crippen LogP contribution is -2.43. The van der Waals surface area contributed by atoms with Crippen LogP contribution in [0.1, 0.15) is 39.3 Å². The Morgan fingerprint density at radius 3 is 2.33 bits per heavy atom. The van der Waals surface area contributed by atoms with Gasteiger partial charge in [-0.1, -0.05) is 44.2 Å². The van der Waals surface area contributed by atoms with E-state index in [9.17, 15) is 4.79 Å². The van der Waals surface area contributed by atoms with E-state index in [2.05, 4.69) is 33.0 Å². The molecule has 1 aliphatic rings. The van der Waals surface area contributed by atoms with Gasteiger partial charge in [0.1, 0.15) is 6.04 Å². The third-order valence-electron chi connectivity index (χ3n) is 3.86. The molecule has 3 nitrogen and oxygen atoms in total. The topological polar surface area (TPSA) is 32.3 Å². The van der Waals surface area contributed by atoms with E-state index in [-0.39, 0.29) is 24.2 Å². The molecule has 1 aliphatic heterocycles. The van der Waals surface area contributed by atoms with Gasteiger partial charge in [0.25, 0.3) is 0 Å². The van der Waals surface area contributed by atoms with E-state index < -0.39 is 0 Å². The van der Waals surface area contributed by atoms with E-state index in [1.54, 1.807) is 0 Å². The third kappa shape index (κ3) is 2.27. The molecule has 0 aromatic heterocycles. The fourth-order valence-electron chi connectivity index (χ4n) is 2.49. The molecule has 1 fully saturated rings. The van der Waals surface area contributed by atoms with Crippen molar-refractivity contribution >= 4 is 5.91 Å². The first-order valence-electron chi connectivity index (χ1n) is 6.65. The second-order valence-corrected chi connectivity index (χ2v) is 5.42. The first-order chi connectivity index (χ1) is 8.52. The molecule has 1 aromatic carbocycles. The van der Waals surface area contributed by atoms with Crippen LogP contribution in [0.4, 0.5) is 0 Å². The zero-order chi connectivity index (χ0) is 13.3. The first-order valence-corrected chi connectivity index (χ1v) is 6.65. The van der Waals surface area contributed by atoms with Crippen LogP contribution < -0.4 is 5.32 Å². The van der Waals surface area contributed by atoms with Crippen LogP contribution in [0.3, 0.4) is 0 Å². The number of hydrogen-bond acceptors (Lipinski definition) is 2. The number of nitrogens with one attached hydrogen (secondary N) is 1. The van der Waals surface area contributed by atoms with Crippen molar-refractivity contribution in [1.82, 2.24) is 10.2 Å². The van der Waals surface area contributed by atoms with Crippen molar-refractivity contribution in [1.29, 1.82) is 0 Å². The Morgan fingerprint density at radius 1 is 1.17 bits per heavy atom. The molecule has 3 atom stereocenters. The smallest absolute Gasteiger partial charge is 0.245 e. The van der Waals surface area contributed by atoms with E-state index in [1.807, 2.05) is 35.2 Å². The van der Waals surface area contributed by atoms with E-state index in [0.29, 0.717) is 5.92 Å². The molecule has 1 N–H and O–H groups in total. The Balaban J connectivity index is 2.22.